The molecular formula is C14H20N2OS. The third-order valence-electron chi connectivity index (χ3n) is 4.09. The number of likely N-dealkylation sites (tertiary alicyclic amines) is 1. The predicted molar refractivity (Wildman–Crippen MR) is 74.3 cm³/mol. The van der Waals surface area contributed by atoms with Crippen LogP contribution >= 0.6 is 11.3 Å². The van der Waals surface area contributed by atoms with Gasteiger partial charge in [0.25, 0.3) is 5.91 Å². The lowest BCUT2D eigenvalue weighted by molar-refractivity contribution is 0.0794. The van der Waals surface area contributed by atoms with E-state index in [0.29, 0.717) is 6.04 Å². The van der Waals surface area contributed by atoms with Gasteiger partial charge in [-0.25, -0.2) is 0 Å². The molecule has 1 aliphatic heterocycles. The molecule has 1 N–H and O–H groups in total. The first kappa shape index (κ1) is 12.2. The number of carbonyl (C=O) groups is 1. The molecule has 1 amide bonds. The fourth-order valence-corrected chi connectivity index (χ4v) is 4.15. The molecule has 0 bridgehead atoms. The summed E-state index contributed by atoms with van der Waals surface area (Å²) in [6.07, 6.45) is 5.98. The highest BCUT2D eigenvalue weighted by atomic mass is 32.1. The molecule has 2 aliphatic rings. The average Bonchev–Trinajstić information content (AvgIpc) is 3.04. The first-order valence-corrected chi connectivity index (χ1v) is 7.67. The van der Waals surface area contributed by atoms with Gasteiger partial charge in [-0.1, -0.05) is 0 Å². The standard InChI is InChI=1S/C14H20N2OS/c1-15-11-6-7-16(9-11)14(17)13-8-10-4-2-3-5-12(10)18-13/h8,11,15H,2-7,9H2,1H3. The van der Waals surface area contributed by atoms with Gasteiger partial charge in [0.15, 0.2) is 0 Å². The van der Waals surface area contributed by atoms with E-state index in [-0.39, 0.29) is 5.91 Å². The zero-order valence-corrected chi connectivity index (χ0v) is 11.7. The van der Waals surface area contributed by atoms with Crippen molar-refractivity contribution in [1.82, 2.24) is 10.2 Å². The van der Waals surface area contributed by atoms with Crippen LogP contribution in [0, 0.1) is 0 Å². The number of nitrogens with one attached hydrogen (secondary N) is 1. The molecule has 3 nitrogen and oxygen atoms in total. The van der Waals surface area contributed by atoms with Gasteiger partial charge in [-0.05, 0) is 50.8 Å². The highest BCUT2D eigenvalue weighted by Crippen LogP contribution is 2.30. The van der Waals surface area contributed by atoms with Gasteiger partial charge in [0.05, 0.1) is 4.88 Å². The Morgan fingerprint density at radius 3 is 3.00 bits per heavy atom. The van der Waals surface area contributed by atoms with Gasteiger partial charge in [0.1, 0.15) is 0 Å². The molecule has 0 aromatic carbocycles. The zero-order chi connectivity index (χ0) is 12.5. The summed E-state index contributed by atoms with van der Waals surface area (Å²) in [6.45, 7) is 1.75. The Morgan fingerprint density at radius 2 is 2.28 bits per heavy atom. The molecule has 0 spiro atoms. The van der Waals surface area contributed by atoms with Gasteiger partial charge in [0, 0.05) is 24.0 Å². The molecule has 2 heterocycles. The van der Waals surface area contributed by atoms with Gasteiger partial charge in [-0.3, -0.25) is 4.79 Å². The molecule has 1 aromatic rings. The minimum Gasteiger partial charge on any atom is -0.336 e. The minimum absolute atomic E-state index is 0.243. The van der Waals surface area contributed by atoms with Crippen molar-refractivity contribution in [3.63, 3.8) is 0 Å². The van der Waals surface area contributed by atoms with Crippen molar-refractivity contribution in [2.45, 2.75) is 38.1 Å². The molecule has 18 heavy (non-hydrogen) atoms. The number of carbonyl (C=O) groups excluding carboxylic acids is 1. The van der Waals surface area contributed by atoms with Crippen LogP contribution in [0.3, 0.4) is 0 Å². The lowest BCUT2D eigenvalue weighted by Crippen LogP contribution is -2.33. The molecule has 4 heteroatoms. The van der Waals surface area contributed by atoms with Crippen LogP contribution < -0.4 is 5.32 Å². The van der Waals surface area contributed by atoms with Crippen LogP contribution in [-0.4, -0.2) is 37.0 Å². The number of rotatable bonds is 2. The summed E-state index contributed by atoms with van der Waals surface area (Å²) in [5.41, 5.74) is 1.43. The molecular weight excluding hydrogens is 244 g/mol. The highest BCUT2D eigenvalue weighted by molar-refractivity contribution is 7.14. The van der Waals surface area contributed by atoms with Crippen molar-refractivity contribution in [2.75, 3.05) is 20.1 Å². The summed E-state index contributed by atoms with van der Waals surface area (Å²) in [5, 5.41) is 3.26. The number of fused-ring (bicyclic) bond motifs is 1. The first-order chi connectivity index (χ1) is 8.78. The largest absolute Gasteiger partial charge is 0.336 e. The molecule has 1 aliphatic carbocycles. The van der Waals surface area contributed by atoms with E-state index in [2.05, 4.69) is 11.4 Å². The fourth-order valence-electron chi connectivity index (χ4n) is 2.93. The van der Waals surface area contributed by atoms with Crippen LogP contribution in [0.4, 0.5) is 0 Å². The fraction of sp³-hybridized carbons (Fsp3) is 0.643. The number of nitrogens with zero attached hydrogens (tertiary/aromatic N) is 1. The van der Waals surface area contributed by atoms with Crippen molar-refractivity contribution < 1.29 is 4.79 Å². The van der Waals surface area contributed by atoms with E-state index in [4.69, 9.17) is 0 Å². The SMILES string of the molecule is CNC1CCN(C(=O)c2cc3c(s2)CCCC3)C1. The van der Waals surface area contributed by atoms with E-state index in [9.17, 15) is 4.79 Å². The summed E-state index contributed by atoms with van der Waals surface area (Å²) in [6, 6.07) is 2.62. The Hall–Kier alpha value is -0.870. The van der Waals surface area contributed by atoms with Crippen molar-refractivity contribution in [3.05, 3.63) is 21.4 Å². The van der Waals surface area contributed by atoms with Gasteiger partial charge >= 0.3 is 0 Å². The highest BCUT2D eigenvalue weighted by Gasteiger charge is 2.27. The van der Waals surface area contributed by atoms with E-state index >= 15 is 0 Å². The van der Waals surface area contributed by atoms with Crippen molar-refractivity contribution in [1.29, 1.82) is 0 Å². The number of aryl methyl sites for hydroxylation is 2. The summed E-state index contributed by atoms with van der Waals surface area (Å²) < 4.78 is 0. The monoisotopic (exact) mass is 264 g/mol. The second kappa shape index (κ2) is 5.02. The molecule has 0 saturated carbocycles. The number of hydrogen-bond acceptors (Lipinski definition) is 3. The van der Waals surface area contributed by atoms with Crippen molar-refractivity contribution >= 4 is 17.2 Å². The molecule has 1 unspecified atom stereocenters. The van der Waals surface area contributed by atoms with Gasteiger partial charge in [-0.15, -0.1) is 11.3 Å². The normalized spacial score (nSPS) is 23.2. The number of thiophene rings is 1. The van der Waals surface area contributed by atoms with Crippen LogP contribution in [0.15, 0.2) is 6.07 Å². The second-order valence-electron chi connectivity index (χ2n) is 5.29. The zero-order valence-electron chi connectivity index (χ0n) is 10.9. The van der Waals surface area contributed by atoms with Gasteiger partial charge < -0.3 is 10.2 Å². The molecule has 3 rings (SSSR count). The van der Waals surface area contributed by atoms with E-state index < -0.39 is 0 Å². The molecule has 98 valence electrons. The van der Waals surface area contributed by atoms with Crippen LogP contribution in [0.5, 0.6) is 0 Å². The lowest BCUT2D eigenvalue weighted by Gasteiger charge is -2.15. The van der Waals surface area contributed by atoms with E-state index in [1.807, 2.05) is 11.9 Å². The summed E-state index contributed by atoms with van der Waals surface area (Å²) in [7, 11) is 1.97. The lowest BCUT2D eigenvalue weighted by atomic mass is 9.99. The topological polar surface area (TPSA) is 32.3 Å². The molecule has 0 radical (unpaired) electrons. The Labute approximate surface area is 112 Å². The maximum atomic E-state index is 12.4. The van der Waals surface area contributed by atoms with Crippen LogP contribution in [0.1, 0.15) is 39.4 Å². The molecule has 1 aromatic heterocycles. The van der Waals surface area contributed by atoms with E-state index in [1.54, 1.807) is 11.3 Å². The third-order valence-corrected chi connectivity index (χ3v) is 5.32. The van der Waals surface area contributed by atoms with E-state index in [1.165, 1.54) is 29.7 Å². The maximum Gasteiger partial charge on any atom is 0.263 e. The van der Waals surface area contributed by atoms with Crippen LogP contribution in [0.2, 0.25) is 0 Å². The van der Waals surface area contributed by atoms with Gasteiger partial charge in [0.2, 0.25) is 0 Å². The number of hydrogen-bond donors (Lipinski definition) is 1. The minimum atomic E-state index is 0.243. The summed E-state index contributed by atoms with van der Waals surface area (Å²) in [5.74, 6) is 0.243. The average molecular weight is 264 g/mol. The molecule has 1 fully saturated rings. The second-order valence-corrected chi connectivity index (χ2v) is 6.43. The van der Waals surface area contributed by atoms with E-state index in [0.717, 1.165) is 30.8 Å². The quantitative estimate of drug-likeness (QED) is 0.887. The van der Waals surface area contributed by atoms with Crippen molar-refractivity contribution in [3.8, 4) is 0 Å². The van der Waals surface area contributed by atoms with Gasteiger partial charge in [-0.2, -0.15) is 0 Å². The Balaban J connectivity index is 1.74. The van der Waals surface area contributed by atoms with Crippen molar-refractivity contribution in [2.24, 2.45) is 0 Å². The van der Waals surface area contributed by atoms with Crippen LogP contribution in [0.25, 0.3) is 0 Å². The Bertz CT molecular complexity index is 431. The number of likely N-dealkylation sites (N-methyl/N-ethyl adjacent to an activating group) is 1. The first-order valence-electron chi connectivity index (χ1n) is 6.86. The third kappa shape index (κ3) is 2.19. The summed E-state index contributed by atoms with van der Waals surface area (Å²) in [4.78, 5) is 16.8. The smallest absolute Gasteiger partial charge is 0.263 e. The predicted octanol–water partition coefficient (Wildman–Crippen LogP) is 2.06. The Kier molecular flexibility index (Phi) is 3.39. The maximum absolute atomic E-state index is 12.4. The molecule has 1 saturated heterocycles. The molecule has 1 atom stereocenters. The Morgan fingerprint density at radius 1 is 1.44 bits per heavy atom. The van der Waals surface area contributed by atoms with Crippen LogP contribution in [-0.2, 0) is 12.8 Å². The number of amides is 1. The summed E-state index contributed by atoms with van der Waals surface area (Å²) >= 11 is 1.73.